The molecule has 0 aliphatic carbocycles. The molecule has 0 saturated carbocycles. The summed E-state index contributed by atoms with van der Waals surface area (Å²) in [5.74, 6) is -5.98. The average molecular weight is 316 g/mol. The van der Waals surface area contributed by atoms with E-state index in [1.807, 2.05) is 0 Å². The number of hydrogen-bond donors (Lipinski definition) is 4. The van der Waals surface area contributed by atoms with Crippen LogP contribution in [-0.2, 0) is 14.4 Å². The molecule has 0 fully saturated rings. The first-order valence-corrected chi connectivity index (χ1v) is 4.18. The minimum absolute atomic E-state index is 0.463. The fourth-order valence-corrected chi connectivity index (χ4v) is 0. The molecule has 0 saturated heterocycles. The minimum Gasteiger partial charge on any atom is -0.475 e. The number of amides is 1. The van der Waals surface area contributed by atoms with Gasteiger partial charge in [-0.1, -0.05) is 0 Å². The van der Waals surface area contributed by atoms with Crippen molar-refractivity contribution in [2.75, 3.05) is 0 Å². The monoisotopic (exact) mass is 316 g/mol. The van der Waals surface area contributed by atoms with Crippen LogP contribution < -0.4 is 11.5 Å². The Labute approximate surface area is 107 Å². The third-order valence-corrected chi connectivity index (χ3v) is 0.934. The zero-order valence-corrected chi connectivity index (χ0v) is 9.62. The summed E-state index contributed by atoms with van der Waals surface area (Å²) < 4.78 is 63.5. The first-order valence-electron chi connectivity index (χ1n) is 4.18. The third-order valence-electron chi connectivity index (χ3n) is 0.934. The number of rotatable bonds is 1. The van der Waals surface area contributed by atoms with Gasteiger partial charge < -0.3 is 21.7 Å². The maximum atomic E-state index is 10.6. The number of aliphatic carboxylic acids is 2. The number of carbonyl (C=O) groups is 3. The van der Waals surface area contributed by atoms with Gasteiger partial charge in [0.25, 0.3) is 0 Å². The summed E-state index contributed by atoms with van der Waals surface area (Å²) >= 11 is 0. The molecule has 1 atom stereocenters. The van der Waals surface area contributed by atoms with Crippen molar-refractivity contribution >= 4 is 17.8 Å². The van der Waals surface area contributed by atoms with E-state index < -0.39 is 36.2 Å². The van der Waals surface area contributed by atoms with Gasteiger partial charge in [0, 0.05) is 0 Å². The van der Waals surface area contributed by atoms with Gasteiger partial charge in [-0.25, -0.2) is 9.59 Å². The molecule has 1 unspecified atom stereocenters. The third kappa shape index (κ3) is 18.3. The number of nitrogens with two attached hydrogens (primary N) is 2. The first-order chi connectivity index (χ1) is 8.53. The van der Waals surface area contributed by atoms with Crippen molar-refractivity contribution in [3.8, 4) is 0 Å². The number of alkyl halides is 6. The summed E-state index contributed by atoms with van der Waals surface area (Å²) in [5, 5.41) is 14.2. The van der Waals surface area contributed by atoms with Gasteiger partial charge in [-0.3, -0.25) is 4.79 Å². The Morgan fingerprint density at radius 2 is 1.00 bits per heavy atom. The summed E-state index contributed by atoms with van der Waals surface area (Å²) in [6.07, 6.45) is -10.2. The number of carboxylic acids is 2. The standard InChI is InChI=1S/C3H8N2O.2C2HF3O2/c1-2(4)3(5)6;2*3-2(4,5)1(6)7/h2H,4H2,1H3,(H2,5,6);2*(H,6,7). The second kappa shape index (κ2) is 8.95. The highest BCUT2D eigenvalue weighted by Crippen LogP contribution is 2.13. The van der Waals surface area contributed by atoms with Gasteiger partial charge in [0.2, 0.25) is 5.91 Å². The topological polar surface area (TPSA) is 144 Å². The smallest absolute Gasteiger partial charge is 0.475 e. The Morgan fingerprint density at radius 3 is 1.00 bits per heavy atom. The molecule has 0 bridgehead atoms. The predicted octanol–water partition coefficient (Wildman–Crippen LogP) is 0.0855. The van der Waals surface area contributed by atoms with Gasteiger partial charge in [0.05, 0.1) is 6.04 Å². The summed E-state index contributed by atoms with van der Waals surface area (Å²) in [7, 11) is 0. The lowest BCUT2D eigenvalue weighted by Gasteiger charge is -1.93. The van der Waals surface area contributed by atoms with E-state index in [4.69, 9.17) is 25.5 Å². The SMILES string of the molecule is CC(N)C(N)=O.O=C(O)C(F)(F)F.O=C(O)C(F)(F)F. The van der Waals surface area contributed by atoms with E-state index in [9.17, 15) is 31.1 Å². The van der Waals surface area contributed by atoms with Crippen molar-refractivity contribution < 1.29 is 50.9 Å². The van der Waals surface area contributed by atoms with Crippen molar-refractivity contribution in [3.63, 3.8) is 0 Å². The molecule has 120 valence electrons. The molecule has 6 N–H and O–H groups in total. The van der Waals surface area contributed by atoms with Crippen LogP contribution in [0.15, 0.2) is 0 Å². The first kappa shape index (κ1) is 23.1. The van der Waals surface area contributed by atoms with Gasteiger partial charge in [-0.2, -0.15) is 26.3 Å². The van der Waals surface area contributed by atoms with Gasteiger partial charge in [0.1, 0.15) is 0 Å². The van der Waals surface area contributed by atoms with Gasteiger partial charge in [0.15, 0.2) is 0 Å². The molecule has 13 heteroatoms. The largest absolute Gasteiger partial charge is 0.490 e. The van der Waals surface area contributed by atoms with Gasteiger partial charge in [-0.15, -0.1) is 0 Å². The molecule has 0 heterocycles. The molecular weight excluding hydrogens is 306 g/mol. The van der Waals surface area contributed by atoms with Crippen molar-refractivity contribution in [1.29, 1.82) is 0 Å². The fraction of sp³-hybridized carbons (Fsp3) is 0.571. The molecule has 0 aromatic heterocycles. The fourth-order valence-electron chi connectivity index (χ4n) is 0. The second-order valence-electron chi connectivity index (χ2n) is 2.80. The molecule has 0 spiro atoms. The van der Waals surface area contributed by atoms with E-state index in [1.165, 1.54) is 0 Å². The van der Waals surface area contributed by atoms with Gasteiger partial charge >= 0.3 is 24.3 Å². The molecule has 1 amide bonds. The lowest BCUT2D eigenvalue weighted by Crippen LogP contribution is -2.32. The highest BCUT2D eigenvalue weighted by Gasteiger charge is 2.38. The molecule has 7 nitrogen and oxygen atoms in total. The van der Waals surface area contributed by atoms with E-state index in [1.54, 1.807) is 6.92 Å². The minimum atomic E-state index is -5.08. The molecule has 0 rings (SSSR count). The average Bonchev–Trinajstić information content (AvgIpc) is 2.15. The summed E-state index contributed by atoms with van der Waals surface area (Å²) in [6.45, 7) is 1.54. The van der Waals surface area contributed by atoms with E-state index in [0.29, 0.717) is 0 Å². The Hall–Kier alpha value is -2.05. The Balaban J connectivity index is -0.000000218. The Kier molecular flexibility index (Phi) is 10.3. The quantitative estimate of drug-likeness (QED) is 0.504. The lowest BCUT2D eigenvalue weighted by molar-refractivity contribution is -0.193. The van der Waals surface area contributed by atoms with Crippen molar-refractivity contribution in [1.82, 2.24) is 0 Å². The summed E-state index contributed by atoms with van der Waals surface area (Å²) in [4.78, 5) is 27.6. The van der Waals surface area contributed by atoms with Crippen molar-refractivity contribution in [2.45, 2.75) is 25.3 Å². The zero-order chi connectivity index (χ0) is 17.3. The number of hydrogen-bond acceptors (Lipinski definition) is 4. The molecule has 0 aliphatic heterocycles. The number of primary amides is 1. The predicted molar refractivity (Wildman–Crippen MR) is 50.2 cm³/mol. The molecular formula is C7H10F6N2O5. The molecule has 0 aromatic rings. The number of halogens is 6. The summed E-state index contributed by atoms with van der Waals surface area (Å²) in [6, 6.07) is -0.509. The molecule has 0 aromatic carbocycles. The van der Waals surface area contributed by atoms with E-state index in [0.717, 1.165) is 0 Å². The molecule has 20 heavy (non-hydrogen) atoms. The Morgan fingerprint density at radius 1 is 0.900 bits per heavy atom. The van der Waals surface area contributed by atoms with Crippen LogP contribution in [-0.4, -0.2) is 46.5 Å². The van der Waals surface area contributed by atoms with E-state index in [-0.39, 0.29) is 0 Å². The Bertz CT molecular complexity index is 314. The highest BCUT2D eigenvalue weighted by molar-refractivity contribution is 5.78. The van der Waals surface area contributed by atoms with Crippen LogP contribution in [0.4, 0.5) is 26.3 Å². The van der Waals surface area contributed by atoms with E-state index >= 15 is 0 Å². The maximum Gasteiger partial charge on any atom is 0.490 e. The van der Waals surface area contributed by atoms with Crippen LogP contribution >= 0.6 is 0 Å². The summed E-state index contributed by atoms with van der Waals surface area (Å²) in [5.41, 5.74) is 9.63. The zero-order valence-electron chi connectivity index (χ0n) is 9.62. The normalized spacial score (nSPS) is 12.0. The van der Waals surface area contributed by atoms with Crippen LogP contribution in [0.3, 0.4) is 0 Å². The van der Waals surface area contributed by atoms with Crippen LogP contribution in [0.2, 0.25) is 0 Å². The van der Waals surface area contributed by atoms with Crippen molar-refractivity contribution in [3.05, 3.63) is 0 Å². The van der Waals surface area contributed by atoms with Crippen LogP contribution in [0, 0.1) is 0 Å². The van der Waals surface area contributed by atoms with Crippen LogP contribution in [0.5, 0.6) is 0 Å². The highest BCUT2D eigenvalue weighted by atomic mass is 19.4. The van der Waals surface area contributed by atoms with Crippen molar-refractivity contribution in [2.24, 2.45) is 11.5 Å². The lowest BCUT2D eigenvalue weighted by atomic mass is 10.4. The molecule has 0 radical (unpaired) electrons. The van der Waals surface area contributed by atoms with Gasteiger partial charge in [-0.05, 0) is 6.92 Å². The number of carbonyl (C=O) groups excluding carboxylic acids is 1. The van der Waals surface area contributed by atoms with Crippen LogP contribution in [0.1, 0.15) is 6.92 Å². The van der Waals surface area contributed by atoms with E-state index in [2.05, 4.69) is 5.73 Å². The number of carboxylic acid groups (broad SMARTS) is 2. The van der Waals surface area contributed by atoms with Crippen LogP contribution in [0.25, 0.3) is 0 Å². The maximum absolute atomic E-state index is 10.6. The molecule has 0 aliphatic rings. The second-order valence-corrected chi connectivity index (χ2v) is 2.80.